The number of carbonyl (C=O) groups excluding carboxylic acids is 2. The number of esters is 1. The number of carbonyl (C=O) groups is 2. The summed E-state index contributed by atoms with van der Waals surface area (Å²) >= 11 is 0. The van der Waals surface area contributed by atoms with Gasteiger partial charge in [-0.1, -0.05) is 13.8 Å². The van der Waals surface area contributed by atoms with E-state index in [0.717, 1.165) is 0 Å². The minimum Gasteiger partial charge on any atom is -0.457 e. The third-order valence-electron chi connectivity index (χ3n) is 0.889. The Morgan fingerprint density at radius 2 is 1.90 bits per heavy atom. The molecule has 0 bridgehead atoms. The van der Waals surface area contributed by atoms with E-state index in [-0.39, 0.29) is 24.3 Å². The zero-order valence-corrected chi connectivity index (χ0v) is 6.51. The van der Waals surface area contributed by atoms with Crippen LogP contribution in [0.2, 0.25) is 0 Å². The molecule has 0 aromatic carbocycles. The largest absolute Gasteiger partial charge is 0.457 e. The van der Waals surface area contributed by atoms with Crippen LogP contribution in [0.5, 0.6) is 0 Å². The van der Waals surface area contributed by atoms with E-state index in [0.29, 0.717) is 0 Å². The first-order valence-electron chi connectivity index (χ1n) is 3.20. The molecule has 0 N–H and O–H groups in total. The average molecular weight is 144 g/mol. The molecule has 0 aromatic heterocycles. The molecule has 0 unspecified atom stereocenters. The maximum absolute atomic E-state index is 10.7. The van der Waals surface area contributed by atoms with Gasteiger partial charge in [-0.25, -0.2) is 0 Å². The van der Waals surface area contributed by atoms with Gasteiger partial charge in [0.2, 0.25) is 0 Å². The Morgan fingerprint density at radius 1 is 1.40 bits per heavy atom. The number of ketones is 1. The monoisotopic (exact) mass is 144 g/mol. The van der Waals surface area contributed by atoms with E-state index in [1.165, 1.54) is 6.92 Å². The molecule has 0 aromatic rings. The first-order valence-corrected chi connectivity index (χ1v) is 3.20. The molecule has 58 valence electrons. The summed E-state index contributed by atoms with van der Waals surface area (Å²) in [4.78, 5) is 21.0. The third kappa shape index (κ3) is 4.06. The smallest absolute Gasteiger partial charge is 0.308 e. The summed E-state index contributed by atoms with van der Waals surface area (Å²) < 4.78 is 4.58. The molecule has 0 rings (SSSR count). The predicted molar refractivity (Wildman–Crippen MR) is 36.5 cm³/mol. The second kappa shape index (κ2) is 4.04. The second-order valence-corrected chi connectivity index (χ2v) is 2.46. The molecular weight excluding hydrogens is 132 g/mol. The highest BCUT2D eigenvalue weighted by Crippen LogP contribution is 1.94. The van der Waals surface area contributed by atoms with Gasteiger partial charge < -0.3 is 4.74 Å². The van der Waals surface area contributed by atoms with Gasteiger partial charge >= 0.3 is 5.97 Å². The Hall–Kier alpha value is -0.860. The van der Waals surface area contributed by atoms with E-state index < -0.39 is 0 Å². The van der Waals surface area contributed by atoms with Crippen molar-refractivity contribution in [3.05, 3.63) is 0 Å². The van der Waals surface area contributed by atoms with Gasteiger partial charge in [0.25, 0.3) is 0 Å². The van der Waals surface area contributed by atoms with Crippen LogP contribution in [0.3, 0.4) is 0 Å². The molecule has 0 aliphatic heterocycles. The Balaban J connectivity index is 3.50. The number of ether oxygens (including phenoxy) is 1. The van der Waals surface area contributed by atoms with Gasteiger partial charge in [-0.2, -0.15) is 0 Å². The lowest BCUT2D eigenvalue weighted by atomic mass is 10.2. The molecule has 0 amide bonds. The summed E-state index contributed by atoms with van der Waals surface area (Å²) in [5.74, 6) is -0.608. The van der Waals surface area contributed by atoms with E-state index >= 15 is 0 Å². The Morgan fingerprint density at radius 3 is 2.20 bits per heavy atom. The Labute approximate surface area is 60.4 Å². The normalized spacial score (nSPS) is 9.60. The van der Waals surface area contributed by atoms with Gasteiger partial charge in [-0.05, 0) is 6.92 Å². The highest BCUT2D eigenvalue weighted by Gasteiger charge is 2.08. The molecule has 0 aliphatic carbocycles. The van der Waals surface area contributed by atoms with Crippen LogP contribution < -0.4 is 0 Å². The summed E-state index contributed by atoms with van der Waals surface area (Å²) in [6, 6.07) is 0. The van der Waals surface area contributed by atoms with Gasteiger partial charge in [0, 0.05) is 0 Å². The molecule has 0 spiro atoms. The zero-order valence-electron chi connectivity index (χ0n) is 6.51. The standard InChI is InChI=1S/C7H12O3/c1-5(2)7(9)10-4-6(3)8/h5H,4H2,1-3H3. The second-order valence-electron chi connectivity index (χ2n) is 2.46. The van der Waals surface area contributed by atoms with Crippen LogP contribution in [0.1, 0.15) is 20.8 Å². The van der Waals surface area contributed by atoms with Crippen molar-refractivity contribution in [3.8, 4) is 0 Å². The number of rotatable bonds is 3. The Bertz CT molecular complexity index is 138. The minimum atomic E-state index is -0.324. The fraction of sp³-hybridized carbons (Fsp3) is 0.714. The van der Waals surface area contributed by atoms with Crippen molar-refractivity contribution in [1.29, 1.82) is 0 Å². The summed E-state index contributed by atoms with van der Waals surface area (Å²) in [5, 5.41) is 0. The Kier molecular flexibility index (Phi) is 3.69. The fourth-order valence-electron chi connectivity index (χ4n) is 0.339. The lowest BCUT2D eigenvalue weighted by Gasteiger charge is -2.03. The molecule has 0 saturated carbocycles. The van der Waals surface area contributed by atoms with E-state index in [1.54, 1.807) is 13.8 Å². The molecule has 0 radical (unpaired) electrons. The molecule has 0 aliphatic rings. The van der Waals surface area contributed by atoms with Crippen molar-refractivity contribution in [2.75, 3.05) is 6.61 Å². The van der Waals surface area contributed by atoms with Gasteiger partial charge in [0.15, 0.2) is 5.78 Å². The average Bonchev–Trinajstić information content (AvgIpc) is 1.82. The molecule has 10 heavy (non-hydrogen) atoms. The lowest BCUT2D eigenvalue weighted by molar-refractivity contribution is -0.150. The van der Waals surface area contributed by atoms with E-state index in [4.69, 9.17) is 0 Å². The maximum Gasteiger partial charge on any atom is 0.308 e. The summed E-state index contributed by atoms with van der Waals surface area (Å²) in [6.07, 6.45) is 0. The topological polar surface area (TPSA) is 43.4 Å². The van der Waals surface area contributed by atoms with Crippen LogP contribution in [-0.4, -0.2) is 18.4 Å². The minimum absolute atomic E-state index is 0.100. The number of hydrogen-bond acceptors (Lipinski definition) is 3. The predicted octanol–water partition coefficient (Wildman–Crippen LogP) is 0.775. The maximum atomic E-state index is 10.7. The van der Waals surface area contributed by atoms with Crippen LogP contribution in [0, 0.1) is 5.92 Å². The quantitative estimate of drug-likeness (QED) is 0.549. The van der Waals surface area contributed by atoms with Crippen LogP contribution in [0.4, 0.5) is 0 Å². The first-order chi connectivity index (χ1) is 4.54. The summed E-state index contributed by atoms with van der Waals surface area (Å²) in [7, 11) is 0. The molecule has 3 heteroatoms. The van der Waals surface area contributed by atoms with Gasteiger partial charge in [-0.15, -0.1) is 0 Å². The number of Topliss-reactive ketones (excluding diaryl/α,β-unsaturated/α-hetero) is 1. The molecule has 0 saturated heterocycles. The van der Waals surface area contributed by atoms with Crippen molar-refractivity contribution < 1.29 is 14.3 Å². The van der Waals surface area contributed by atoms with Crippen LogP contribution in [-0.2, 0) is 14.3 Å². The van der Waals surface area contributed by atoms with Gasteiger partial charge in [0.1, 0.15) is 6.61 Å². The molecule has 0 atom stereocenters. The summed E-state index contributed by atoms with van der Waals surface area (Å²) in [6.45, 7) is 4.73. The van der Waals surface area contributed by atoms with Crippen LogP contribution in [0.15, 0.2) is 0 Å². The van der Waals surface area contributed by atoms with Crippen molar-refractivity contribution in [3.63, 3.8) is 0 Å². The number of hydrogen-bond donors (Lipinski definition) is 0. The highest BCUT2D eigenvalue weighted by atomic mass is 16.5. The van der Waals surface area contributed by atoms with E-state index in [9.17, 15) is 9.59 Å². The molecular formula is C7H12O3. The molecule has 3 nitrogen and oxygen atoms in total. The van der Waals surface area contributed by atoms with Gasteiger partial charge in [-0.3, -0.25) is 9.59 Å². The van der Waals surface area contributed by atoms with Crippen LogP contribution >= 0.6 is 0 Å². The molecule has 0 fully saturated rings. The fourth-order valence-corrected chi connectivity index (χ4v) is 0.339. The van der Waals surface area contributed by atoms with Gasteiger partial charge in [0.05, 0.1) is 5.92 Å². The highest BCUT2D eigenvalue weighted by molar-refractivity contribution is 5.80. The van der Waals surface area contributed by atoms with Crippen molar-refractivity contribution in [1.82, 2.24) is 0 Å². The third-order valence-corrected chi connectivity index (χ3v) is 0.889. The lowest BCUT2D eigenvalue weighted by Crippen LogP contribution is -2.15. The molecule has 0 heterocycles. The van der Waals surface area contributed by atoms with Crippen LogP contribution in [0.25, 0.3) is 0 Å². The van der Waals surface area contributed by atoms with Crippen molar-refractivity contribution >= 4 is 11.8 Å². The van der Waals surface area contributed by atoms with Crippen molar-refractivity contribution in [2.24, 2.45) is 5.92 Å². The first kappa shape index (κ1) is 9.14. The van der Waals surface area contributed by atoms with E-state index in [2.05, 4.69) is 4.74 Å². The summed E-state index contributed by atoms with van der Waals surface area (Å²) in [5.41, 5.74) is 0. The zero-order chi connectivity index (χ0) is 8.15. The van der Waals surface area contributed by atoms with E-state index in [1.807, 2.05) is 0 Å². The van der Waals surface area contributed by atoms with Crippen molar-refractivity contribution in [2.45, 2.75) is 20.8 Å². The SMILES string of the molecule is CC(=O)COC(=O)C(C)C.